The van der Waals surface area contributed by atoms with Crippen molar-refractivity contribution in [2.75, 3.05) is 50.0 Å². The van der Waals surface area contributed by atoms with Crippen molar-refractivity contribution in [3.05, 3.63) is 77.9 Å². The number of piperazine rings is 1. The number of methoxy groups -OCH3 is 2. The molecule has 0 unspecified atom stereocenters. The molecule has 9 heteroatoms. The summed E-state index contributed by atoms with van der Waals surface area (Å²) >= 11 is 0. The zero-order valence-corrected chi connectivity index (χ0v) is 20.8. The summed E-state index contributed by atoms with van der Waals surface area (Å²) < 4.78 is 39.7. The van der Waals surface area contributed by atoms with Crippen molar-refractivity contribution in [3.8, 4) is 11.5 Å². The number of nitrogens with one attached hydrogen (secondary N) is 1. The fraction of sp³-hybridized carbons (Fsp3) is 0.269. The van der Waals surface area contributed by atoms with Gasteiger partial charge in [0.1, 0.15) is 11.5 Å². The zero-order chi connectivity index (χ0) is 25.0. The van der Waals surface area contributed by atoms with Gasteiger partial charge < -0.3 is 19.3 Å². The lowest BCUT2D eigenvalue weighted by Gasteiger charge is -2.36. The number of anilines is 2. The molecule has 1 heterocycles. The van der Waals surface area contributed by atoms with E-state index in [0.717, 1.165) is 11.4 Å². The van der Waals surface area contributed by atoms with E-state index in [2.05, 4.69) is 9.62 Å². The average molecular weight is 496 g/mol. The van der Waals surface area contributed by atoms with Crippen LogP contribution in [0.5, 0.6) is 11.5 Å². The maximum atomic E-state index is 13.3. The maximum absolute atomic E-state index is 13.3. The number of carbonyl (C=O) groups excluding carboxylic acids is 1. The van der Waals surface area contributed by atoms with Gasteiger partial charge in [-0.1, -0.05) is 30.3 Å². The molecule has 1 saturated heterocycles. The second kappa shape index (κ2) is 10.3. The monoisotopic (exact) mass is 495 g/mol. The van der Waals surface area contributed by atoms with Crippen LogP contribution < -0.4 is 19.1 Å². The van der Waals surface area contributed by atoms with Crippen LogP contribution in [-0.2, 0) is 10.0 Å². The molecule has 0 radical (unpaired) electrons. The molecule has 0 atom stereocenters. The van der Waals surface area contributed by atoms with Crippen LogP contribution in [0.2, 0.25) is 0 Å². The van der Waals surface area contributed by atoms with Crippen molar-refractivity contribution in [3.63, 3.8) is 0 Å². The van der Waals surface area contributed by atoms with Gasteiger partial charge in [-0.15, -0.1) is 0 Å². The Bertz CT molecular complexity index is 1320. The summed E-state index contributed by atoms with van der Waals surface area (Å²) in [6, 6.07) is 19.4. The Hall–Kier alpha value is -3.72. The zero-order valence-electron chi connectivity index (χ0n) is 20.0. The van der Waals surface area contributed by atoms with E-state index in [1.54, 1.807) is 55.3 Å². The van der Waals surface area contributed by atoms with Gasteiger partial charge in [0.2, 0.25) is 0 Å². The molecule has 0 bridgehead atoms. The molecule has 1 aliphatic heterocycles. The highest BCUT2D eigenvalue weighted by atomic mass is 32.2. The third kappa shape index (κ3) is 5.19. The number of benzene rings is 3. The Morgan fingerprint density at radius 3 is 2.17 bits per heavy atom. The molecule has 1 aliphatic rings. The molecule has 0 aromatic heterocycles. The second-order valence-corrected chi connectivity index (χ2v) is 9.89. The first kappa shape index (κ1) is 24.4. The van der Waals surface area contributed by atoms with Crippen molar-refractivity contribution >= 4 is 27.3 Å². The summed E-state index contributed by atoms with van der Waals surface area (Å²) in [4.78, 5) is 17.3. The lowest BCUT2D eigenvalue weighted by atomic mass is 10.1. The maximum Gasteiger partial charge on any atom is 0.262 e. The molecule has 3 aromatic carbocycles. The van der Waals surface area contributed by atoms with E-state index >= 15 is 0 Å². The highest BCUT2D eigenvalue weighted by Gasteiger charge is 2.26. The lowest BCUT2D eigenvalue weighted by Crippen LogP contribution is -2.48. The SMILES string of the molecule is COc1ccccc1NS(=O)(=O)c1cc(C(=O)N2CCN(c3ccccc3OC)CC2)ccc1C. The number of para-hydroxylation sites is 4. The van der Waals surface area contributed by atoms with E-state index in [4.69, 9.17) is 9.47 Å². The predicted molar refractivity (Wildman–Crippen MR) is 136 cm³/mol. The Morgan fingerprint density at radius 2 is 1.49 bits per heavy atom. The predicted octanol–water partition coefficient (Wildman–Crippen LogP) is 3.78. The number of sulfonamides is 1. The van der Waals surface area contributed by atoms with Gasteiger partial charge in [0.15, 0.2) is 0 Å². The number of ether oxygens (including phenoxy) is 2. The molecule has 184 valence electrons. The van der Waals surface area contributed by atoms with Crippen molar-refractivity contribution in [2.24, 2.45) is 0 Å². The van der Waals surface area contributed by atoms with Gasteiger partial charge in [-0.25, -0.2) is 8.42 Å². The molecule has 1 amide bonds. The first-order chi connectivity index (χ1) is 16.8. The summed E-state index contributed by atoms with van der Waals surface area (Å²) in [7, 11) is -0.818. The highest BCUT2D eigenvalue weighted by Crippen LogP contribution is 2.30. The number of aryl methyl sites for hydroxylation is 1. The summed E-state index contributed by atoms with van der Waals surface area (Å²) in [6.07, 6.45) is 0. The van der Waals surface area contributed by atoms with Gasteiger partial charge in [0, 0.05) is 31.7 Å². The molecule has 0 saturated carbocycles. The number of nitrogens with zero attached hydrogens (tertiary/aromatic N) is 2. The normalized spacial score (nSPS) is 13.9. The van der Waals surface area contributed by atoms with Gasteiger partial charge in [-0.2, -0.15) is 0 Å². The van der Waals surface area contributed by atoms with E-state index in [1.807, 2.05) is 24.3 Å². The Kier molecular flexibility index (Phi) is 7.16. The van der Waals surface area contributed by atoms with E-state index in [-0.39, 0.29) is 10.8 Å². The molecule has 4 rings (SSSR count). The Labute approximate surface area is 206 Å². The van der Waals surface area contributed by atoms with Crippen LogP contribution in [0.4, 0.5) is 11.4 Å². The minimum absolute atomic E-state index is 0.0573. The molecular formula is C26H29N3O5S. The molecule has 1 N–H and O–H groups in total. The first-order valence-corrected chi connectivity index (χ1v) is 12.8. The van der Waals surface area contributed by atoms with Crippen molar-refractivity contribution in [1.29, 1.82) is 0 Å². The van der Waals surface area contributed by atoms with Gasteiger partial charge >= 0.3 is 0 Å². The Morgan fingerprint density at radius 1 is 0.857 bits per heavy atom. The van der Waals surface area contributed by atoms with Gasteiger partial charge in [0.05, 0.1) is 30.5 Å². The molecule has 1 fully saturated rings. The van der Waals surface area contributed by atoms with Crippen LogP contribution >= 0.6 is 0 Å². The summed E-state index contributed by atoms with van der Waals surface area (Å²) in [5.74, 6) is 1.01. The summed E-state index contributed by atoms with van der Waals surface area (Å²) in [5, 5.41) is 0. The highest BCUT2D eigenvalue weighted by molar-refractivity contribution is 7.92. The smallest absolute Gasteiger partial charge is 0.262 e. The lowest BCUT2D eigenvalue weighted by molar-refractivity contribution is 0.0746. The molecular weight excluding hydrogens is 466 g/mol. The summed E-state index contributed by atoms with van der Waals surface area (Å²) in [6.45, 7) is 4.05. The quantitative estimate of drug-likeness (QED) is 0.537. The van der Waals surface area contributed by atoms with E-state index in [9.17, 15) is 13.2 Å². The molecule has 35 heavy (non-hydrogen) atoms. The third-order valence-corrected chi connectivity index (χ3v) is 7.58. The largest absolute Gasteiger partial charge is 0.495 e. The molecule has 0 spiro atoms. The van der Waals surface area contributed by atoms with Gasteiger partial charge in [0.25, 0.3) is 15.9 Å². The van der Waals surface area contributed by atoms with Crippen LogP contribution in [0, 0.1) is 6.92 Å². The minimum Gasteiger partial charge on any atom is -0.495 e. The molecule has 8 nitrogen and oxygen atoms in total. The summed E-state index contributed by atoms with van der Waals surface area (Å²) in [5.41, 5.74) is 2.21. The van der Waals surface area contributed by atoms with Crippen LogP contribution in [0.3, 0.4) is 0 Å². The molecule has 3 aromatic rings. The minimum atomic E-state index is -3.94. The van der Waals surface area contributed by atoms with Crippen molar-refractivity contribution in [1.82, 2.24) is 4.90 Å². The topological polar surface area (TPSA) is 88.2 Å². The molecule has 0 aliphatic carbocycles. The van der Waals surface area contributed by atoms with E-state index < -0.39 is 10.0 Å². The Balaban J connectivity index is 1.51. The van der Waals surface area contributed by atoms with Crippen LogP contribution in [0.1, 0.15) is 15.9 Å². The van der Waals surface area contributed by atoms with Crippen LogP contribution in [-0.4, -0.2) is 59.6 Å². The average Bonchev–Trinajstić information content (AvgIpc) is 2.88. The van der Waals surface area contributed by atoms with E-state index in [1.165, 1.54) is 13.2 Å². The van der Waals surface area contributed by atoms with Crippen molar-refractivity contribution in [2.45, 2.75) is 11.8 Å². The number of hydrogen-bond donors (Lipinski definition) is 1. The van der Waals surface area contributed by atoms with Crippen LogP contribution in [0.25, 0.3) is 0 Å². The van der Waals surface area contributed by atoms with Crippen LogP contribution in [0.15, 0.2) is 71.6 Å². The van der Waals surface area contributed by atoms with E-state index in [0.29, 0.717) is 48.7 Å². The fourth-order valence-electron chi connectivity index (χ4n) is 4.18. The fourth-order valence-corrected chi connectivity index (χ4v) is 5.52. The third-order valence-electron chi connectivity index (χ3n) is 6.07. The number of amides is 1. The number of hydrogen-bond acceptors (Lipinski definition) is 6. The first-order valence-electron chi connectivity index (χ1n) is 11.3. The van der Waals surface area contributed by atoms with Crippen molar-refractivity contribution < 1.29 is 22.7 Å². The number of rotatable bonds is 7. The van der Waals surface area contributed by atoms with Gasteiger partial charge in [-0.3, -0.25) is 9.52 Å². The van der Waals surface area contributed by atoms with Gasteiger partial charge in [-0.05, 0) is 48.9 Å². The number of carbonyl (C=O) groups is 1. The second-order valence-electron chi connectivity index (χ2n) is 8.24. The standard InChI is InChI=1S/C26H29N3O5S/c1-19-12-13-20(18-25(19)35(31,32)27-21-8-4-6-10-23(21)33-2)26(30)29-16-14-28(15-17-29)22-9-5-7-11-24(22)34-3/h4-13,18,27H,14-17H2,1-3H3.